The van der Waals surface area contributed by atoms with Gasteiger partial charge in [0.1, 0.15) is 10.0 Å². The van der Waals surface area contributed by atoms with Crippen LogP contribution in [-0.2, 0) is 5.75 Å². The van der Waals surface area contributed by atoms with Gasteiger partial charge in [-0.2, -0.15) is 0 Å². The van der Waals surface area contributed by atoms with Gasteiger partial charge < -0.3 is 0 Å². The topological polar surface area (TPSA) is 89.6 Å². The monoisotopic (exact) mass is 240 g/mol. The number of nitrogens with two attached hydrogens (primary N) is 1. The summed E-state index contributed by atoms with van der Waals surface area (Å²) in [5.74, 6) is 5.92. The summed E-state index contributed by atoms with van der Waals surface area (Å²) < 4.78 is 0. The number of nitrogens with zero attached hydrogens (tertiary/aromatic N) is 4. The molecule has 0 radical (unpaired) electrons. The fourth-order valence-corrected chi connectivity index (χ4v) is 2.32. The smallest absolute Gasteiger partial charge is 0.219 e. The van der Waals surface area contributed by atoms with Crippen molar-refractivity contribution in [1.29, 1.82) is 0 Å². The van der Waals surface area contributed by atoms with Gasteiger partial charge in [0.05, 0.1) is 11.9 Å². The minimum Gasteiger partial charge on any atom is -0.298 e. The van der Waals surface area contributed by atoms with Crippen molar-refractivity contribution in [3.05, 3.63) is 23.6 Å². The predicted molar refractivity (Wildman–Crippen MR) is 59.3 cm³/mol. The van der Waals surface area contributed by atoms with E-state index < -0.39 is 0 Å². The Bertz CT molecular complexity index is 416. The van der Waals surface area contributed by atoms with Gasteiger partial charge in [0, 0.05) is 12.4 Å². The highest BCUT2D eigenvalue weighted by molar-refractivity contribution is 7.98. The number of aromatic nitrogens is 4. The van der Waals surface area contributed by atoms with Crippen LogP contribution in [0, 0.1) is 0 Å². The molecule has 2 aromatic rings. The van der Waals surface area contributed by atoms with E-state index >= 15 is 0 Å². The molecule has 0 saturated carbocycles. The molecule has 0 fully saturated rings. The summed E-state index contributed by atoms with van der Waals surface area (Å²) in [6, 6.07) is 0. The molecule has 15 heavy (non-hydrogen) atoms. The molecule has 0 saturated heterocycles. The van der Waals surface area contributed by atoms with Crippen molar-refractivity contribution < 1.29 is 0 Å². The molecular weight excluding hydrogens is 232 g/mol. The minimum absolute atomic E-state index is 0.616. The molecule has 2 aromatic heterocycles. The van der Waals surface area contributed by atoms with E-state index in [1.807, 2.05) is 0 Å². The normalized spacial score (nSPS) is 10.2. The number of nitrogen functional groups attached to an aromatic ring is 1. The fourth-order valence-electron chi connectivity index (χ4n) is 0.866. The predicted octanol–water partition coefficient (Wildman–Crippen LogP) is 0.906. The summed E-state index contributed by atoms with van der Waals surface area (Å²) in [7, 11) is 0. The van der Waals surface area contributed by atoms with Gasteiger partial charge in [-0.25, -0.2) is 10.8 Å². The maximum atomic E-state index is 5.20. The van der Waals surface area contributed by atoms with E-state index in [0.29, 0.717) is 5.13 Å². The number of thioether (sulfide) groups is 1. The van der Waals surface area contributed by atoms with E-state index in [2.05, 4.69) is 25.6 Å². The van der Waals surface area contributed by atoms with Crippen LogP contribution >= 0.6 is 23.1 Å². The summed E-state index contributed by atoms with van der Waals surface area (Å²) in [6.45, 7) is 0. The van der Waals surface area contributed by atoms with E-state index in [4.69, 9.17) is 5.84 Å². The molecule has 3 N–H and O–H groups in total. The van der Waals surface area contributed by atoms with Crippen molar-refractivity contribution in [3.8, 4) is 0 Å². The molecule has 0 aliphatic carbocycles. The molecule has 0 spiro atoms. The Kier molecular flexibility index (Phi) is 3.43. The van der Waals surface area contributed by atoms with Crippen LogP contribution in [0.25, 0.3) is 0 Å². The van der Waals surface area contributed by atoms with Crippen molar-refractivity contribution in [3.63, 3.8) is 0 Å². The Labute approximate surface area is 94.3 Å². The van der Waals surface area contributed by atoms with Gasteiger partial charge in [-0.3, -0.25) is 10.4 Å². The second-order valence-corrected chi connectivity index (χ2v) is 4.54. The Morgan fingerprint density at radius 1 is 1.40 bits per heavy atom. The fraction of sp³-hybridized carbons (Fsp3) is 0.143. The summed E-state index contributed by atoms with van der Waals surface area (Å²) in [5, 5.41) is 10.2. The van der Waals surface area contributed by atoms with Gasteiger partial charge in [0.2, 0.25) is 5.13 Å². The SMILES string of the molecule is NNc1nnc(CSc2cnccn2)s1. The van der Waals surface area contributed by atoms with E-state index in [1.54, 1.807) is 30.4 Å². The molecule has 0 aromatic carbocycles. The van der Waals surface area contributed by atoms with Crippen molar-refractivity contribution in [2.45, 2.75) is 10.8 Å². The molecule has 8 heteroatoms. The van der Waals surface area contributed by atoms with Crippen LogP contribution < -0.4 is 11.3 Å². The average molecular weight is 240 g/mol. The zero-order valence-electron chi connectivity index (χ0n) is 7.62. The van der Waals surface area contributed by atoms with Gasteiger partial charge in [-0.15, -0.1) is 10.2 Å². The van der Waals surface area contributed by atoms with E-state index in [0.717, 1.165) is 15.8 Å². The summed E-state index contributed by atoms with van der Waals surface area (Å²) in [5.41, 5.74) is 2.45. The van der Waals surface area contributed by atoms with Crippen LogP contribution in [0.5, 0.6) is 0 Å². The first kappa shape index (κ1) is 10.3. The van der Waals surface area contributed by atoms with Crippen LogP contribution in [0.15, 0.2) is 23.6 Å². The summed E-state index contributed by atoms with van der Waals surface area (Å²) in [6.07, 6.45) is 5.02. The van der Waals surface area contributed by atoms with Gasteiger partial charge in [0.15, 0.2) is 0 Å². The van der Waals surface area contributed by atoms with E-state index in [-0.39, 0.29) is 0 Å². The summed E-state index contributed by atoms with van der Waals surface area (Å²) >= 11 is 2.99. The maximum Gasteiger partial charge on any atom is 0.219 e. The first-order valence-electron chi connectivity index (χ1n) is 4.06. The number of rotatable bonds is 4. The third kappa shape index (κ3) is 2.85. The van der Waals surface area contributed by atoms with Crippen molar-refractivity contribution >= 4 is 28.2 Å². The van der Waals surface area contributed by atoms with E-state index in [1.165, 1.54) is 11.3 Å². The highest BCUT2D eigenvalue weighted by atomic mass is 32.2. The van der Waals surface area contributed by atoms with Gasteiger partial charge in [-0.1, -0.05) is 23.1 Å². The molecule has 2 heterocycles. The molecule has 0 atom stereocenters. The van der Waals surface area contributed by atoms with Crippen LogP contribution in [-0.4, -0.2) is 20.2 Å². The lowest BCUT2D eigenvalue weighted by Gasteiger charge is -1.94. The lowest BCUT2D eigenvalue weighted by Crippen LogP contribution is -2.05. The van der Waals surface area contributed by atoms with Crippen LogP contribution in [0.3, 0.4) is 0 Å². The Morgan fingerprint density at radius 2 is 2.33 bits per heavy atom. The van der Waals surface area contributed by atoms with Crippen LogP contribution in [0.2, 0.25) is 0 Å². The number of hydrogen-bond donors (Lipinski definition) is 2. The van der Waals surface area contributed by atoms with Crippen molar-refractivity contribution in [2.75, 3.05) is 5.43 Å². The second kappa shape index (κ2) is 5.01. The lowest BCUT2D eigenvalue weighted by atomic mass is 10.8. The third-order valence-corrected chi connectivity index (χ3v) is 3.43. The molecule has 0 aliphatic heterocycles. The molecule has 6 nitrogen and oxygen atoms in total. The van der Waals surface area contributed by atoms with Crippen molar-refractivity contribution in [1.82, 2.24) is 20.2 Å². The second-order valence-electron chi connectivity index (χ2n) is 2.48. The number of anilines is 1. The molecule has 2 rings (SSSR count). The number of hydrogen-bond acceptors (Lipinski definition) is 8. The lowest BCUT2D eigenvalue weighted by molar-refractivity contribution is 1.02. The molecule has 0 bridgehead atoms. The molecule has 0 unspecified atom stereocenters. The first-order valence-corrected chi connectivity index (χ1v) is 5.86. The first-order chi connectivity index (χ1) is 7.38. The highest BCUT2D eigenvalue weighted by Gasteiger charge is 2.03. The number of hydrazine groups is 1. The largest absolute Gasteiger partial charge is 0.298 e. The molecule has 0 amide bonds. The van der Waals surface area contributed by atoms with Crippen LogP contribution in [0.4, 0.5) is 5.13 Å². The minimum atomic E-state index is 0.616. The van der Waals surface area contributed by atoms with Gasteiger partial charge >= 0.3 is 0 Å². The average Bonchev–Trinajstić information content (AvgIpc) is 2.76. The maximum absolute atomic E-state index is 5.20. The van der Waals surface area contributed by atoms with Gasteiger partial charge in [-0.05, 0) is 0 Å². The zero-order valence-corrected chi connectivity index (χ0v) is 9.25. The third-order valence-electron chi connectivity index (χ3n) is 1.47. The molecule has 78 valence electrons. The standard InChI is InChI=1S/C7H8N6S2/c8-11-7-13-12-6(15-7)4-14-5-3-9-1-2-10-5/h1-3H,4,8H2,(H,11,13). The van der Waals surface area contributed by atoms with E-state index in [9.17, 15) is 0 Å². The Balaban J connectivity index is 1.93. The van der Waals surface area contributed by atoms with Crippen LogP contribution in [0.1, 0.15) is 5.01 Å². The van der Waals surface area contributed by atoms with Gasteiger partial charge in [0.25, 0.3) is 0 Å². The van der Waals surface area contributed by atoms with Crippen molar-refractivity contribution in [2.24, 2.45) is 5.84 Å². The Morgan fingerprint density at radius 3 is 3.00 bits per heavy atom. The summed E-state index contributed by atoms with van der Waals surface area (Å²) in [4.78, 5) is 8.11. The molecular formula is C7H8N6S2. The highest BCUT2D eigenvalue weighted by Crippen LogP contribution is 2.23. The quantitative estimate of drug-likeness (QED) is 0.466. The zero-order chi connectivity index (χ0) is 10.5. The number of nitrogens with one attached hydrogen (secondary N) is 1. The molecule has 0 aliphatic rings. The Hall–Kier alpha value is -1.25.